The van der Waals surface area contributed by atoms with Crippen LogP contribution in [-0.4, -0.2) is 25.2 Å². The Morgan fingerprint density at radius 3 is 2.14 bits per heavy atom. The van der Waals surface area contributed by atoms with E-state index in [1.54, 1.807) is 0 Å². The highest BCUT2D eigenvalue weighted by atomic mass is 15.1. The first-order valence-corrected chi connectivity index (χ1v) is 8.26. The minimum Gasteiger partial charge on any atom is -0.371 e. The molecule has 0 bridgehead atoms. The lowest BCUT2D eigenvalue weighted by Crippen LogP contribution is -2.47. The van der Waals surface area contributed by atoms with Crippen LogP contribution in [0.3, 0.4) is 0 Å². The fraction of sp³-hybridized carbons (Fsp3) is 0.684. The van der Waals surface area contributed by atoms with Gasteiger partial charge in [0.2, 0.25) is 0 Å². The van der Waals surface area contributed by atoms with Gasteiger partial charge in [0.25, 0.3) is 0 Å². The molecule has 0 spiro atoms. The SMILES string of the molecule is CCN(CC(C)(CC)CNC(C)(C)C)c1ccccc1C. The van der Waals surface area contributed by atoms with Gasteiger partial charge in [-0.05, 0) is 58.1 Å². The van der Waals surface area contributed by atoms with E-state index in [1.807, 2.05) is 0 Å². The minimum absolute atomic E-state index is 0.177. The molecule has 2 nitrogen and oxygen atoms in total. The molecule has 0 aliphatic carbocycles. The van der Waals surface area contributed by atoms with E-state index in [-0.39, 0.29) is 11.0 Å². The molecular formula is C19H34N2. The number of aryl methyl sites for hydroxylation is 1. The van der Waals surface area contributed by atoms with E-state index in [0.29, 0.717) is 0 Å². The number of anilines is 1. The van der Waals surface area contributed by atoms with Crippen LogP contribution in [-0.2, 0) is 0 Å². The van der Waals surface area contributed by atoms with E-state index in [4.69, 9.17) is 0 Å². The van der Waals surface area contributed by atoms with Gasteiger partial charge in [-0.15, -0.1) is 0 Å². The van der Waals surface area contributed by atoms with Crippen molar-refractivity contribution in [2.75, 3.05) is 24.5 Å². The molecule has 0 aromatic heterocycles. The molecule has 21 heavy (non-hydrogen) atoms. The lowest BCUT2D eigenvalue weighted by atomic mass is 9.85. The van der Waals surface area contributed by atoms with Crippen LogP contribution in [0.2, 0.25) is 0 Å². The third kappa shape index (κ3) is 5.70. The van der Waals surface area contributed by atoms with Gasteiger partial charge in [-0.25, -0.2) is 0 Å². The van der Waals surface area contributed by atoms with E-state index < -0.39 is 0 Å². The molecule has 1 N–H and O–H groups in total. The van der Waals surface area contributed by atoms with Crippen molar-refractivity contribution in [2.45, 2.75) is 60.4 Å². The maximum atomic E-state index is 3.68. The molecule has 1 aromatic carbocycles. The standard InChI is InChI=1S/C19H34N2/c1-8-19(7,14-20-18(4,5)6)15-21(9-2)17-13-11-10-12-16(17)3/h10-13,20H,8-9,14-15H2,1-7H3. The Morgan fingerprint density at radius 1 is 1.05 bits per heavy atom. The molecule has 0 radical (unpaired) electrons. The fourth-order valence-corrected chi connectivity index (χ4v) is 2.52. The summed E-state index contributed by atoms with van der Waals surface area (Å²) in [5.74, 6) is 0. The molecule has 0 fully saturated rings. The Bertz CT molecular complexity index is 433. The van der Waals surface area contributed by atoms with E-state index in [2.05, 4.69) is 82.9 Å². The Balaban J connectivity index is 2.84. The van der Waals surface area contributed by atoms with Gasteiger partial charge in [-0.2, -0.15) is 0 Å². The molecule has 1 rings (SSSR count). The van der Waals surface area contributed by atoms with E-state index in [0.717, 1.165) is 19.6 Å². The summed E-state index contributed by atoms with van der Waals surface area (Å²) < 4.78 is 0. The smallest absolute Gasteiger partial charge is 0.0396 e. The highest BCUT2D eigenvalue weighted by molar-refractivity contribution is 5.53. The second-order valence-electron chi connectivity index (χ2n) is 7.57. The third-order valence-electron chi connectivity index (χ3n) is 4.31. The molecule has 120 valence electrons. The second kappa shape index (κ2) is 7.31. The van der Waals surface area contributed by atoms with Crippen LogP contribution in [0.4, 0.5) is 5.69 Å². The predicted octanol–water partition coefficient (Wildman–Crippen LogP) is 4.63. The van der Waals surface area contributed by atoms with Crippen molar-refractivity contribution < 1.29 is 0 Å². The van der Waals surface area contributed by atoms with Gasteiger partial charge in [0, 0.05) is 30.9 Å². The van der Waals surface area contributed by atoms with Gasteiger partial charge in [0.05, 0.1) is 0 Å². The summed E-state index contributed by atoms with van der Waals surface area (Å²) >= 11 is 0. The number of hydrogen-bond donors (Lipinski definition) is 1. The van der Waals surface area contributed by atoms with Crippen LogP contribution in [0, 0.1) is 12.3 Å². The first-order chi connectivity index (χ1) is 9.71. The number of para-hydroxylation sites is 1. The molecule has 0 aliphatic heterocycles. The van der Waals surface area contributed by atoms with Crippen molar-refractivity contribution in [3.63, 3.8) is 0 Å². The van der Waals surface area contributed by atoms with Crippen LogP contribution in [0.5, 0.6) is 0 Å². The zero-order valence-electron chi connectivity index (χ0n) is 15.1. The van der Waals surface area contributed by atoms with Crippen LogP contribution in [0.15, 0.2) is 24.3 Å². The van der Waals surface area contributed by atoms with Gasteiger partial charge < -0.3 is 10.2 Å². The van der Waals surface area contributed by atoms with Gasteiger partial charge in [-0.3, -0.25) is 0 Å². The van der Waals surface area contributed by atoms with Crippen molar-refractivity contribution in [1.82, 2.24) is 5.32 Å². The third-order valence-corrected chi connectivity index (χ3v) is 4.31. The lowest BCUT2D eigenvalue weighted by molar-refractivity contribution is 0.260. The number of nitrogens with one attached hydrogen (secondary N) is 1. The molecule has 0 saturated carbocycles. The normalized spacial score (nSPS) is 14.8. The predicted molar refractivity (Wildman–Crippen MR) is 95.2 cm³/mol. The summed E-state index contributed by atoms with van der Waals surface area (Å²) in [5.41, 5.74) is 3.19. The molecule has 2 heteroatoms. The van der Waals surface area contributed by atoms with Gasteiger partial charge in [0.1, 0.15) is 0 Å². The van der Waals surface area contributed by atoms with E-state index in [9.17, 15) is 0 Å². The maximum absolute atomic E-state index is 3.68. The molecule has 0 heterocycles. The second-order valence-corrected chi connectivity index (χ2v) is 7.57. The molecular weight excluding hydrogens is 256 g/mol. The van der Waals surface area contributed by atoms with Crippen molar-refractivity contribution >= 4 is 5.69 Å². The fourth-order valence-electron chi connectivity index (χ4n) is 2.52. The maximum Gasteiger partial charge on any atom is 0.0396 e. The Morgan fingerprint density at radius 2 is 1.67 bits per heavy atom. The lowest BCUT2D eigenvalue weighted by Gasteiger charge is -2.38. The Labute approximate surface area is 131 Å². The molecule has 0 amide bonds. The summed E-state index contributed by atoms with van der Waals surface area (Å²) in [6.07, 6.45) is 1.18. The highest BCUT2D eigenvalue weighted by Crippen LogP contribution is 2.27. The van der Waals surface area contributed by atoms with Crippen LogP contribution < -0.4 is 10.2 Å². The zero-order chi connectivity index (χ0) is 16.1. The van der Waals surface area contributed by atoms with Gasteiger partial charge >= 0.3 is 0 Å². The topological polar surface area (TPSA) is 15.3 Å². The summed E-state index contributed by atoms with van der Waals surface area (Å²) in [4.78, 5) is 2.52. The van der Waals surface area contributed by atoms with Crippen molar-refractivity contribution in [2.24, 2.45) is 5.41 Å². The monoisotopic (exact) mass is 290 g/mol. The van der Waals surface area contributed by atoms with Crippen molar-refractivity contribution in [3.8, 4) is 0 Å². The highest BCUT2D eigenvalue weighted by Gasteiger charge is 2.27. The molecule has 0 aliphatic rings. The number of hydrogen-bond acceptors (Lipinski definition) is 2. The average molecular weight is 290 g/mol. The quantitative estimate of drug-likeness (QED) is 0.788. The van der Waals surface area contributed by atoms with Crippen LogP contribution >= 0.6 is 0 Å². The Hall–Kier alpha value is -1.02. The minimum atomic E-state index is 0.177. The summed E-state index contributed by atoms with van der Waals surface area (Å²) in [7, 11) is 0. The molecule has 1 atom stereocenters. The summed E-state index contributed by atoms with van der Waals surface area (Å²) in [6.45, 7) is 19.1. The van der Waals surface area contributed by atoms with Crippen molar-refractivity contribution in [1.29, 1.82) is 0 Å². The van der Waals surface area contributed by atoms with E-state index in [1.165, 1.54) is 17.7 Å². The number of nitrogens with zero attached hydrogens (tertiary/aromatic N) is 1. The molecule has 1 aromatic rings. The van der Waals surface area contributed by atoms with Crippen molar-refractivity contribution in [3.05, 3.63) is 29.8 Å². The first-order valence-electron chi connectivity index (χ1n) is 8.26. The summed E-state index contributed by atoms with van der Waals surface area (Å²) in [6, 6.07) is 8.70. The Kier molecular flexibility index (Phi) is 6.27. The van der Waals surface area contributed by atoms with Gasteiger partial charge in [0.15, 0.2) is 0 Å². The molecule has 0 saturated heterocycles. The number of rotatable bonds is 7. The summed E-state index contributed by atoms with van der Waals surface area (Å²) in [5, 5.41) is 3.68. The number of benzene rings is 1. The van der Waals surface area contributed by atoms with Gasteiger partial charge in [-0.1, -0.05) is 32.0 Å². The zero-order valence-corrected chi connectivity index (χ0v) is 15.1. The van der Waals surface area contributed by atoms with Crippen LogP contribution in [0.1, 0.15) is 53.5 Å². The largest absolute Gasteiger partial charge is 0.371 e. The first kappa shape index (κ1) is 18.0. The van der Waals surface area contributed by atoms with Crippen LogP contribution in [0.25, 0.3) is 0 Å². The average Bonchev–Trinajstić information content (AvgIpc) is 2.43. The molecule has 1 unspecified atom stereocenters. The van der Waals surface area contributed by atoms with E-state index >= 15 is 0 Å².